The van der Waals surface area contributed by atoms with Crippen molar-refractivity contribution in [2.75, 3.05) is 0 Å². The van der Waals surface area contributed by atoms with Gasteiger partial charge in [-0.15, -0.1) is 0 Å². The molecule has 5 heteroatoms. The van der Waals surface area contributed by atoms with Gasteiger partial charge in [-0.05, 0) is 51.3 Å². The molecule has 3 rings (SSSR count). The van der Waals surface area contributed by atoms with Crippen molar-refractivity contribution < 1.29 is 4.79 Å². The Morgan fingerprint density at radius 2 is 1.95 bits per heavy atom. The summed E-state index contributed by atoms with van der Waals surface area (Å²) in [4.78, 5) is 31.6. The van der Waals surface area contributed by atoms with Crippen LogP contribution >= 0.6 is 0 Å². The van der Waals surface area contributed by atoms with Crippen molar-refractivity contribution in [2.45, 2.75) is 45.2 Å². The highest BCUT2D eigenvalue weighted by molar-refractivity contribution is 5.97. The molecule has 1 amide bonds. The van der Waals surface area contributed by atoms with Crippen LogP contribution in [0.25, 0.3) is 11.0 Å². The van der Waals surface area contributed by atoms with Gasteiger partial charge in [-0.1, -0.05) is 0 Å². The molecule has 0 radical (unpaired) electrons. The lowest BCUT2D eigenvalue weighted by Gasteiger charge is -2.39. The summed E-state index contributed by atoms with van der Waals surface area (Å²) >= 11 is 0. The molecule has 22 heavy (non-hydrogen) atoms. The van der Waals surface area contributed by atoms with Gasteiger partial charge in [0.25, 0.3) is 11.5 Å². The molecule has 0 N–H and O–H groups in total. The molecule has 0 saturated carbocycles. The molecule has 0 bridgehead atoms. The van der Waals surface area contributed by atoms with Crippen LogP contribution in [-0.2, 0) is 7.05 Å². The van der Waals surface area contributed by atoms with Crippen molar-refractivity contribution >= 4 is 16.9 Å². The zero-order chi connectivity index (χ0) is 15.9. The van der Waals surface area contributed by atoms with E-state index in [9.17, 15) is 9.59 Å². The average molecular weight is 299 g/mol. The Kier molecular flexibility index (Phi) is 3.72. The number of likely N-dealkylation sites (tertiary alicyclic amines) is 1. The van der Waals surface area contributed by atoms with E-state index in [1.54, 1.807) is 19.3 Å². The van der Waals surface area contributed by atoms with E-state index in [4.69, 9.17) is 0 Å². The first-order valence-electron chi connectivity index (χ1n) is 7.78. The summed E-state index contributed by atoms with van der Waals surface area (Å²) < 4.78 is 1.46. The van der Waals surface area contributed by atoms with Crippen LogP contribution < -0.4 is 5.56 Å². The van der Waals surface area contributed by atoms with E-state index in [0.29, 0.717) is 5.65 Å². The van der Waals surface area contributed by atoms with E-state index in [0.717, 1.165) is 24.6 Å². The fourth-order valence-corrected chi connectivity index (χ4v) is 3.41. The highest BCUT2D eigenvalue weighted by atomic mass is 16.2. The fourth-order valence-electron chi connectivity index (χ4n) is 3.41. The minimum absolute atomic E-state index is 0.161. The lowest BCUT2D eigenvalue weighted by molar-refractivity contribution is 0.0508. The van der Waals surface area contributed by atoms with Gasteiger partial charge in [-0.3, -0.25) is 14.2 Å². The third kappa shape index (κ3) is 2.30. The Balaban J connectivity index is 2.11. The summed E-state index contributed by atoms with van der Waals surface area (Å²) in [6.45, 7) is 4.11. The lowest BCUT2D eigenvalue weighted by atomic mass is 9.96. The van der Waals surface area contributed by atoms with Gasteiger partial charge in [0.1, 0.15) is 11.2 Å². The Bertz CT molecular complexity index is 771. The average Bonchev–Trinajstić information content (AvgIpc) is 2.50. The molecular weight excluding hydrogens is 278 g/mol. The molecule has 0 spiro atoms. The lowest BCUT2D eigenvalue weighted by Crippen LogP contribution is -2.49. The van der Waals surface area contributed by atoms with Crippen LogP contribution in [0.4, 0.5) is 0 Å². The number of hydrogen-bond donors (Lipinski definition) is 0. The number of rotatable bonds is 1. The quantitative estimate of drug-likeness (QED) is 0.812. The zero-order valence-electron chi connectivity index (χ0n) is 13.2. The first-order chi connectivity index (χ1) is 10.5. The number of amides is 1. The summed E-state index contributed by atoms with van der Waals surface area (Å²) in [5.41, 5.74) is 0.563. The smallest absolute Gasteiger partial charge is 0.264 e. The largest absolute Gasteiger partial charge is 0.333 e. The molecule has 0 unspecified atom stereocenters. The molecule has 2 aromatic rings. The van der Waals surface area contributed by atoms with Crippen LogP contribution in [0.15, 0.2) is 29.2 Å². The maximum atomic E-state index is 12.9. The van der Waals surface area contributed by atoms with E-state index in [2.05, 4.69) is 18.8 Å². The fraction of sp³-hybridized carbons (Fsp3) is 0.471. The van der Waals surface area contributed by atoms with Gasteiger partial charge in [0.05, 0.1) is 0 Å². The Hall–Kier alpha value is -2.17. The summed E-state index contributed by atoms with van der Waals surface area (Å²) in [5.74, 6) is -0.161. The number of aryl methyl sites for hydroxylation is 1. The molecular formula is C17H21N3O2. The predicted octanol–water partition coefficient (Wildman–Crippen LogP) is 2.34. The highest BCUT2D eigenvalue weighted by Gasteiger charge is 2.31. The summed E-state index contributed by atoms with van der Waals surface area (Å²) in [7, 11) is 1.66. The van der Waals surface area contributed by atoms with E-state index < -0.39 is 0 Å². The van der Waals surface area contributed by atoms with Crippen LogP contribution in [0, 0.1) is 0 Å². The van der Waals surface area contributed by atoms with Crippen molar-refractivity contribution in [1.29, 1.82) is 0 Å². The van der Waals surface area contributed by atoms with Crippen molar-refractivity contribution in [3.63, 3.8) is 0 Å². The third-order valence-electron chi connectivity index (χ3n) is 4.63. The number of carbonyl (C=O) groups excluding carboxylic acids is 1. The van der Waals surface area contributed by atoms with Gasteiger partial charge in [-0.2, -0.15) is 0 Å². The van der Waals surface area contributed by atoms with Gasteiger partial charge < -0.3 is 4.90 Å². The number of hydrogen-bond acceptors (Lipinski definition) is 3. The number of nitrogens with zero attached hydrogens (tertiary/aromatic N) is 3. The summed E-state index contributed by atoms with van der Waals surface area (Å²) in [6, 6.07) is 5.71. The number of aromatic nitrogens is 2. The van der Waals surface area contributed by atoms with Gasteiger partial charge in [0.2, 0.25) is 0 Å². The van der Waals surface area contributed by atoms with Crippen LogP contribution in [0.2, 0.25) is 0 Å². The van der Waals surface area contributed by atoms with Crippen molar-refractivity contribution in [3.05, 3.63) is 40.3 Å². The third-order valence-corrected chi connectivity index (χ3v) is 4.63. The molecule has 5 nitrogen and oxygen atoms in total. The van der Waals surface area contributed by atoms with E-state index in [1.165, 1.54) is 4.57 Å². The van der Waals surface area contributed by atoms with Crippen molar-refractivity contribution in [2.24, 2.45) is 7.05 Å². The molecule has 1 fully saturated rings. The molecule has 3 heterocycles. The Morgan fingerprint density at radius 3 is 2.64 bits per heavy atom. The normalized spacial score (nSPS) is 22.0. The molecule has 1 saturated heterocycles. The van der Waals surface area contributed by atoms with Gasteiger partial charge in [-0.25, -0.2) is 4.98 Å². The molecule has 0 aliphatic carbocycles. The monoisotopic (exact) mass is 299 g/mol. The number of piperidine rings is 1. The van der Waals surface area contributed by atoms with Crippen LogP contribution in [0.5, 0.6) is 0 Å². The summed E-state index contributed by atoms with van der Waals surface area (Å²) in [6.07, 6.45) is 4.76. The highest BCUT2D eigenvalue weighted by Crippen LogP contribution is 2.24. The minimum atomic E-state index is -0.277. The van der Waals surface area contributed by atoms with Crippen LogP contribution in [-0.4, -0.2) is 32.4 Å². The van der Waals surface area contributed by atoms with Crippen molar-refractivity contribution in [1.82, 2.24) is 14.5 Å². The van der Waals surface area contributed by atoms with Crippen molar-refractivity contribution in [3.8, 4) is 0 Å². The number of pyridine rings is 2. The Labute approximate surface area is 129 Å². The van der Waals surface area contributed by atoms with E-state index in [-0.39, 0.29) is 29.1 Å². The first kappa shape index (κ1) is 14.8. The molecule has 2 atom stereocenters. The Morgan fingerprint density at radius 1 is 1.27 bits per heavy atom. The molecule has 2 aromatic heterocycles. The number of carbonyl (C=O) groups is 1. The maximum absolute atomic E-state index is 12.9. The molecule has 1 aliphatic rings. The summed E-state index contributed by atoms with van der Waals surface area (Å²) in [5, 5.41) is 0.810. The van der Waals surface area contributed by atoms with Crippen LogP contribution in [0.3, 0.4) is 0 Å². The molecule has 1 aliphatic heterocycles. The molecule has 0 aromatic carbocycles. The SMILES string of the molecule is C[C@@H]1CCC[C@@H](C)N1C(=O)c1cc2cccnc2n(C)c1=O. The second-order valence-corrected chi connectivity index (χ2v) is 6.18. The first-order valence-corrected chi connectivity index (χ1v) is 7.78. The second kappa shape index (κ2) is 5.55. The standard InChI is InChI=1S/C17H21N3O2/c1-11-6-4-7-12(2)20(11)17(22)14-10-13-8-5-9-18-15(13)19(3)16(14)21/h5,8-12H,4,6-7H2,1-3H3/t11-,12-/m1/s1. The topological polar surface area (TPSA) is 55.2 Å². The molecule has 116 valence electrons. The van der Waals surface area contributed by atoms with Crippen LogP contribution in [0.1, 0.15) is 43.5 Å². The van der Waals surface area contributed by atoms with Gasteiger partial charge in [0.15, 0.2) is 0 Å². The maximum Gasteiger partial charge on any atom is 0.264 e. The number of fused-ring (bicyclic) bond motifs is 1. The second-order valence-electron chi connectivity index (χ2n) is 6.18. The van der Waals surface area contributed by atoms with E-state index in [1.807, 2.05) is 17.0 Å². The predicted molar refractivity (Wildman–Crippen MR) is 85.9 cm³/mol. The van der Waals surface area contributed by atoms with Gasteiger partial charge >= 0.3 is 0 Å². The van der Waals surface area contributed by atoms with E-state index >= 15 is 0 Å². The van der Waals surface area contributed by atoms with Gasteiger partial charge in [0, 0.05) is 30.7 Å². The zero-order valence-corrected chi connectivity index (χ0v) is 13.2. The minimum Gasteiger partial charge on any atom is -0.333 e.